The van der Waals surface area contributed by atoms with Crippen LogP contribution in [0.25, 0.3) is 22.0 Å². The molecule has 1 atom stereocenters. The Hall–Kier alpha value is -3.12. The van der Waals surface area contributed by atoms with E-state index in [1.54, 1.807) is 18.2 Å². The van der Waals surface area contributed by atoms with Gasteiger partial charge >= 0.3 is 0 Å². The van der Waals surface area contributed by atoms with Crippen LogP contribution in [-0.4, -0.2) is 59.8 Å². The van der Waals surface area contributed by atoms with Gasteiger partial charge in [-0.2, -0.15) is 5.06 Å². The molecule has 2 N–H and O–H groups in total. The maximum Gasteiger partial charge on any atom is 0.261 e. The van der Waals surface area contributed by atoms with Crippen molar-refractivity contribution in [3.05, 3.63) is 64.7 Å². The number of amides is 1. The summed E-state index contributed by atoms with van der Waals surface area (Å²) in [5.74, 6) is -1.04. The summed E-state index contributed by atoms with van der Waals surface area (Å²) in [4.78, 5) is 34.0. The summed E-state index contributed by atoms with van der Waals surface area (Å²) in [6.45, 7) is 0.599. The van der Waals surface area contributed by atoms with E-state index in [4.69, 9.17) is 10.0 Å². The Kier molecular flexibility index (Phi) is 7.59. The third-order valence-electron chi connectivity index (χ3n) is 5.38. The average Bonchev–Trinajstić information content (AvgIpc) is 2.79. The Labute approximate surface area is 191 Å². The Morgan fingerprint density at radius 1 is 1.21 bits per heavy atom. The van der Waals surface area contributed by atoms with Crippen molar-refractivity contribution in [3.8, 4) is 11.1 Å². The number of aromatic nitrogens is 2. The first-order valence-electron chi connectivity index (χ1n) is 10.1. The number of hydroxylamine groups is 3. The summed E-state index contributed by atoms with van der Waals surface area (Å²) >= 11 is 0. The zero-order valence-corrected chi connectivity index (χ0v) is 19.4. The molecule has 0 saturated heterocycles. The lowest BCUT2D eigenvalue weighted by molar-refractivity contribution is -0.128. The van der Waals surface area contributed by atoms with Crippen molar-refractivity contribution in [2.45, 2.75) is 24.8 Å². The third kappa shape index (κ3) is 5.82. The van der Waals surface area contributed by atoms with Crippen LogP contribution in [0.15, 0.2) is 53.6 Å². The van der Waals surface area contributed by atoms with Crippen LogP contribution in [0.5, 0.6) is 0 Å². The van der Waals surface area contributed by atoms with Gasteiger partial charge in [0.2, 0.25) is 0 Å². The van der Waals surface area contributed by atoms with E-state index in [-0.39, 0.29) is 18.5 Å². The molecule has 0 aliphatic carbocycles. The van der Waals surface area contributed by atoms with Gasteiger partial charge in [-0.15, -0.1) is 0 Å². The quantitative estimate of drug-likeness (QED) is 0.351. The summed E-state index contributed by atoms with van der Waals surface area (Å²) in [5.41, 5.74) is 4.48. The predicted octanol–water partition coefficient (Wildman–Crippen LogP) is 1.37. The SMILES string of the molecule is CON(C)Cc1ccc(-c2ccc3c(=O)n(CCC(C(=O)NO)S(C)(=O)=O)cnc3c2)cc1. The van der Waals surface area contributed by atoms with Gasteiger partial charge in [-0.05, 0) is 35.2 Å². The van der Waals surface area contributed by atoms with Gasteiger partial charge in [-0.25, -0.2) is 18.9 Å². The van der Waals surface area contributed by atoms with Crippen molar-refractivity contribution in [2.75, 3.05) is 20.4 Å². The number of fused-ring (bicyclic) bond motifs is 1. The monoisotopic (exact) mass is 474 g/mol. The van der Waals surface area contributed by atoms with Crippen LogP contribution in [0.2, 0.25) is 0 Å². The molecular formula is C22H26N4O6S. The molecule has 11 heteroatoms. The number of aryl methyl sites for hydroxylation is 1. The van der Waals surface area contributed by atoms with E-state index >= 15 is 0 Å². The maximum absolute atomic E-state index is 12.9. The number of nitrogens with zero attached hydrogens (tertiary/aromatic N) is 3. The van der Waals surface area contributed by atoms with Crippen LogP contribution in [0.3, 0.4) is 0 Å². The van der Waals surface area contributed by atoms with Gasteiger partial charge in [0.1, 0.15) is 5.25 Å². The van der Waals surface area contributed by atoms with Crippen LogP contribution in [0.4, 0.5) is 0 Å². The van der Waals surface area contributed by atoms with E-state index < -0.39 is 21.0 Å². The first kappa shape index (κ1) is 24.5. The van der Waals surface area contributed by atoms with E-state index in [0.717, 1.165) is 22.9 Å². The molecule has 1 heterocycles. The summed E-state index contributed by atoms with van der Waals surface area (Å²) in [7, 11) is -0.310. The van der Waals surface area contributed by atoms with E-state index in [1.165, 1.54) is 16.4 Å². The molecule has 176 valence electrons. The molecule has 2 aromatic carbocycles. The minimum Gasteiger partial charge on any atom is -0.302 e. The molecule has 0 aliphatic heterocycles. The largest absolute Gasteiger partial charge is 0.302 e. The van der Waals surface area contributed by atoms with E-state index in [1.807, 2.05) is 43.4 Å². The molecule has 0 aliphatic rings. The van der Waals surface area contributed by atoms with E-state index in [0.29, 0.717) is 17.4 Å². The van der Waals surface area contributed by atoms with Crippen LogP contribution >= 0.6 is 0 Å². The summed E-state index contributed by atoms with van der Waals surface area (Å²) in [6.07, 6.45) is 2.05. The van der Waals surface area contributed by atoms with Crippen LogP contribution in [0.1, 0.15) is 12.0 Å². The number of rotatable bonds is 9. The molecular weight excluding hydrogens is 448 g/mol. The van der Waals surface area contributed by atoms with Gasteiger partial charge in [0.15, 0.2) is 9.84 Å². The number of carbonyl (C=O) groups is 1. The van der Waals surface area contributed by atoms with Gasteiger partial charge in [0.05, 0.1) is 24.3 Å². The van der Waals surface area contributed by atoms with Crippen molar-refractivity contribution in [2.24, 2.45) is 0 Å². The van der Waals surface area contributed by atoms with Gasteiger partial charge in [-0.3, -0.25) is 19.4 Å². The van der Waals surface area contributed by atoms with Crippen LogP contribution in [0, 0.1) is 0 Å². The minimum absolute atomic E-state index is 0.0495. The summed E-state index contributed by atoms with van der Waals surface area (Å²) in [5, 5.41) is 9.41. The highest BCUT2D eigenvalue weighted by Crippen LogP contribution is 2.23. The highest BCUT2D eigenvalue weighted by molar-refractivity contribution is 7.92. The topological polar surface area (TPSA) is 131 Å². The lowest BCUT2D eigenvalue weighted by Gasteiger charge is -2.14. The second-order valence-electron chi connectivity index (χ2n) is 7.72. The first-order valence-corrected chi connectivity index (χ1v) is 12.1. The van der Waals surface area contributed by atoms with Gasteiger partial charge < -0.3 is 4.84 Å². The Morgan fingerprint density at radius 2 is 1.88 bits per heavy atom. The number of hydrogen-bond donors (Lipinski definition) is 2. The normalized spacial score (nSPS) is 12.8. The van der Waals surface area contributed by atoms with E-state index in [2.05, 4.69) is 4.98 Å². The highest BCUT2D eigenvalue weighted by atomic mass is 32.2. The zero-order valence-electron chi connectivity index (χ0n) is 18.6. The van der Waals surface area contributed by atoms with Crippen molar-refractivity contribution in [1.29, 1.82) is 0 Å². The number of sulfone groups is 1. The van der Waals surface area contributed by atoms with Crippen molar-refractivity contribution in [3.63, 3.8) is 0 Å². The lowest BCUT2D eigenvalue weighted by Crippen LogP contribution is -2.39. The van der Waals surface area contributed by atoms with Gasteiger partial charge in [0, 0.05) is 26.4 Å². The lowest BCUT2D eigenvalue weighted by atomic mass is 10.0. The van der Waals surface area contributed by atoms with Crippen molar-refractivity contribution in [1.82, 2.24) is 20.1 Å². The second kappa shape index (κ2) is 10.2. The number of benzene rings is 2. The molecule has 1 amide bonds. The fraction of sp³-hybridized carbons (Fsp3) is 0.318. The van der Waals surface area contributed by atoms with Crippen molar-refractivity contribution < 1.29 is 23.3 Å². The molecule has 3 aromatic rings. The molecule has 10 nitrogen and oxygen atoms in total. The smallest absolute Gasteiger partial charge is 0.261 e. The number of carbonyl (C=O) groups excluding carboxylic acids is 1. The molecule has 0 spiro atoms. The number of hydrogen-bond acceptors (Lipinski definition) is 8. The first-order chi connectivity index (χ1) is 15.6. The molecule has 33 heavy (non-hydrogen) atoms. The molecule has 0 radical (unpaired) electrons. The van der Waals surface area contributed by atoms with Gasteiger partial charge in [-0.1, -0.05) is 30.3 Å². The van der Waals surface area contributed by atoms with Crippen molar-refractivity contribution >= 4 is 26.6 Å². The minimum atomic E-state index is -3.77. The van der Waals surface area contributed by atoms with E-state index in [9.17, 15) is 18.0 Å². The Bertz CT molecular complexity index is 1300. The standard InChI is InChI=1S/C22H26N4O6S/c1-25(32-2)13-15-4-6-16(7-5-15)17-8-9-18-19(12-17)23-14-26(22(18)28)11-10-20(21(27)24-29)33(3,30)31/h4-9,12,14,20,29H,10-11,13H2,1-3H3,(H,24,27). The summed E-state index contributed by atoms with van der Waals surface area (Å²) < 4.78 is 24.9. The average molecular weight is 475 g/mol. The molecule has 0 fully saturated rings. The fourth-order valence-corrected chi connectivity index (χ4v) is 4.46. The molecule has 0 saturated carbocycles. The zero-order chi connectivity index (χ0) is 24.2. The Balaban J connectivity index is 1.83. The number of nitrogens with one attached hydrogen (secondary N) is 1. The van der Waals surface area contributed by atoms with Gasteiger partial charge in [0.25, 0.3) is 11.5 Å². The third-order valence-corrected chi connectivity index (χ3v) is 6.86. The highest BCUT2D eigenvalue weighted by Gasteiger charge is 2.28. The van der Waals surface area contributed by atoms with Crippen LogP contribution in [-0.2, 0) is 32.6 Å². The predicted molar refractivity (Wildman–Crippen MR) is 123 cm³/mol. The second-order valence-corrected chi connectivity index (χ2v) is 9.95. The Morgan fingerprint density at radius 3 is 2.48 bits per heavy atom. The summed E-state index contributed by atoms with van der Waals surface area (Å²) in [6, 6.07) is 13.3. The molecule has 0 bridgehead atoms. The molecule has 3 rings (SSSR count). The molecule has 1 unspecified atom stereocenters. The fourth-order valence-electron chi connectivity index (χ4n) is 3.49. The molecule has 1 aromatic heterocycles. The maximum atomic E-state index is 12.9. The van der Waals surface area contributed by atoms with Crippen LogP contribution < -0.4 is 11.0 Å².